The van der Waals surface area contributed by atoms with Crippen molar-refractivity contribution in [1.82, 2.24) is 10.6 Å². The molecule has 0 radical (unpaired) electrons. The molecule has 0 aromatic heterocycles. The van der Waals surface area contributed by atoms with Crippen LogP contribution >= 0.6 is 0 Å². The summed E-state index contributed by atoms with van der Waals surface area (Å²) in [5.41, 5.74) is 0. The summed E-state index contributed by atoms with van der Waals surface area (Å²) in [5.74, 6) is 0. The van der Waals surface area contributed by atoms with E-state index in [9.17, 15) is 0 Å². The van der Waals surface area contributed by atoms with E-state index >= 15 is 0 Å². The van der Waals surface area contributed by atoms with Crippen molar-refractivity contribution in [3.8, 4) is 0 Å². The molecule has 0 heterocycles. The molecule has 0 aromatic carbocycles. The summed E-state index contributed by atoms with van der Waals surface area (Å²) in [4.78, 5) is 0. The van der Waals surface area contributed by atoms with Crippen molar-refractivity contribution < 1.29 is 0 Å². The molecular weight excluding hydrogens is 256 g/mol. The number of hydrogen-bond donors (Lipinski definition) is 2. The highest BCUT2D eigenvalue weighted by Crippen LogP contribution is 1.97. The van der Waals surface area contributed by atoms with Crippen LogP contribution in [-0.4, -0.2) is 25.7 Å². The normalized spacial score (nSPS) is 10.6. The molecule has 0 rings (SSSR count). The van der Waals surface area contributed by atoms with Gasteiger partial charge in [0.2, 0.25) is 0 Å². The molecule has 0 bridgehead atoms. The Morgan fingerprint density at radius 2 is 1.05 bits per heavy atom. The van der Waals surface area contributed by atoms with Crippen molar-refractivity contribution in [3.05, 3.63) is 0 Å². The summed E-state index contributed by atoms with van der Waals surface area (Å²) >= 11 is 0. The quantitative estimate of drug-likeness (QED) is 0.413. The summed E-state index contributed by atoms with van der Waals surface area (Å²) in [6.07, 6.45) is 13.6. The van der Waals surface area contributed by atoms with Crippen LogP contribution in [0.25, 0.3) is 0 Å². The molecule has 0 amide bonds. The maximum atomic E-state index is 3.45. The first-order chi connectivity index (χ1) is 10.2. The Morgan fingerprint density at radius 3 is 1.52 bits per heavy atom. The molecular formula is C19H44N2. The minimum absolute atomic E-state index is 0.654. The van der Waals surface area contributed by atoms with Gasteiger partial charge in [-0.05, 0) is 38.9 Å². The van der Waals surface area contributed by atoms with E-state index < -0.39 is 0 Å². The first-order valence-electron chi connectivity index (χ1n) is 9.63. The lowest BCUT2D eigenvalue weighted by Crippen LogP contribution is -2.23. The van der Waals surface area contributed by atoms with Crippen molar-refractivity contribution in [2.75, 3.05) is 19.6 Å². The summed E-state index contributed by atoms with van der Waals surface area (Å²) in [6, 6.07) is 0.654. The molecule has 21 heavy (non-hydrogen) atoms. The fourth-order valence-electron chi connectivity index (χ4n) is 2.05. The Bertz CT molecular complexity index is 150. The van der Waals surface area contributed by atoms with E-state index in [2.05, 4.69) is 45.3 Å². The molecule has 0 saturated heterocycles. The van der Waals surface area contributed by atoms with Gasteiger partial charge >= 0.3 is 0 Å². The van der Waals surface area contributed by atoms with E-state index in [1.54, 1.807) is 0 Å². The predicted molar refractivity (Wildman–Crippen MR) is 99.2 cm³/mol. The summed E-state index contributed by atoms with van der Waals surface area (Å²) in [5, 5.41) is 6.85. The van der Waals surface area contributed by atoms with Gasteiger partial charge in [-0.3, -0.25) is 0 Å². The highest BCUT2D eigenvalue weighted by Gasteiger charge is 1.90. The topological polar surface area (TPSA) is 24.1 Å². The number of hydrogen-bond acceptors (Lipinski definition) is 2. The largest absolute Gasteiger partial charge is 0.317 e. The van der Waals surface area contributed by atoms with E-state index in [1.807, 2.05) is 0 Å². The monoisotopic (exact) mass is 300 g/mol. The predicted octanol–water partition coefficient (Wildman–Crippen LogP) is 5.52. The summed E-state index contributed by atoms with van der Waals surface area (Å²) in [7, 11) is 0. The molecule has 0 aliphatic carbocycles. The fraction of sp³-hybridized carbons (Fsp3) is 1.00. The number of nitrogens with one attached hydrogen (secondary N) is 2. The van der Waals surface area contributed by atoms with Crippen LogP contribution in [0.1, 0.15) is 98.8 Å². The Morgan fingerprint density at radius 1 is 0.571 bits per heavy atom. The van der Waals surface area contributed by atoms with Crippen LogP contribution in [0.15, 0.2) is 0 Å². The Balaban J connectivity index is 0. The standard InChI is InChI=1S/C10H23N.C9H21N/c1-3-5-7-8-10-11-9-6-4-2;1-4-5-6-7-8-10-9(2)3/h11H,3-10H2,1-2H3;9-10H,4-8H2,1-3H3. The molecule has 2 heteroatoms. The van der Waals surface area contributed by atoms with E-state index in [0.29, 0.717) is 6.04 Å². The average Bonchev–Trinajstić information content (AvgIpc) is 2.47. The third kappa shape index (κ3) is 28.7. The number of unbranched alkanes of at least 4 members (excludes halogenated alkanes) is 7. The van der Waals surface area contributed by atoms with Crippen LogP contribution in [0, 0.1) is 0 Å². The van der Waals surface area contributed by atoms with E-state index in [0.717, 1.165) is 0 Å². The van der Waals surface area contributed by atoms with Gasteiger partial charge in [-0.15, -0.1) is 0 Å². The first kappa shape index (κ1) is 23.2. The molecule has 0 aromatic rings. The van der Waals surface area contributed by atoms with Gasteiger partial charge in [-0.1, -0.05) is 79.6 Å². The molecule has 0 fully saturated rings. The SMILES string of the molecule is CCCCCCNC(C)C.CCCCCCNCCCC. The third-order valence-corrected chi connectivity index (χ3v) is 3.50. The minimum Gasteiger partial charge on any atom is -0.317 e. The van der Waals surface area contributed by atoms with E-state index in [4.69, 9.17) is 0 Å². The zero-order valence-electron chi connectivity index (χ0n) is 15.8. The van der Waals surface area contributed by atoms with Gasteiger partial charge in [0.15, 0.2) is 0 Å². The van der Waals surface area contributed by atoms with Crippen LogP contribution in [0.5, 0.6) is 0 Å². The summed E-state index contributed by atoms with van der Waals surface area (Å²) in [6.45, 7) is 14.7. The molecule has 130 valence electrons. The minimum atomic E-state index is 0.654. The van der Waals surface area contributed by atoms with Gasteiger partial charge in [0, 0.05) is 6.04 Å². The van der Waals surface area contributed by atoms with Gasteiger partial charge < -0.3 is 10.6 Å². The van der Waals surface area contributed by atoms with E-state index in [1.165, 1.54) is 83.8 Å². The highest BCUT2D eigenvalue weighted by atomic mass is 14.9. The maximum absolute atomic E-state index is 3.45. The molecule has 0 atom stereocenters. The third-order valence-electron chi connectivity index (χ3n) is 3.50. The van der Waals surface area contributed by atoms with Gasteiger partial charge in [0.25, 0.3) is 0 Å². The molecule has 2 nitrogen and oxygen atoms in total. The van der Waals surface area contributed by atoms with Crippen molar-refractivity contribution in [1.29, 1.82) is 0 Å². The van der Waals surface area contributed by atoms with Crippen LogP contribution in [0.4, 0.5) is 0 Å². The second-order valence-electron chi connectivity index (χ2n) is 6.33. The van der Waals surface area contributed by atoms with Crippen molar-refractivity contribution >= 4 is 0 Å². The lowest BCUT2D eigenvalue weighted by Gasteiger charge is -2.06. The Labute approximate surface area is 135 Å². The second kappa shape index (κ2) is 22.2. The molecule has 0 spiro atoms. The van der Waals surface area contributed by atoms with Crippen LogP contribution in [0.3, 0.4) is 0 Å². The molecule has 2 N–H and O–H groups in total. The van der Waals surface area contributed by atoms with Crippen molar-refractivity contribution in [2.45, 2.75) is 105 Å². The van der Waals surface area contributed by atoms with Crippen molar-refractivity contribution in [3.63, 3.8) is 0 Å². The molecule has 0 aliphatic rings. The molecule has 0 saturated carbocycles. The Hall–Kier alpha value is -0.0800. The van der Waals surface area contributed by atoms with Crippen LogP contribution in [-0.2, 0) is 0 Å². The zero-order chi connectivity index (χ0) is 16.2. The summed E-state index contributed by atoms with van der Waals surface area (Å²) < 4.78 is 0. The smallest absolute Gasteiger partial charge is 0.00103 e. The van der Waals surface area contributed by atoms with Gasteiger partial charge in [0.05, 0.1) is 0 Å². The van der Waals surface area contributed by atoms with E-state index in [-0.39, 0.29) is 0 Å². The lowest BCUT2D eigenvalue weighted by atomic mass is 10.2. The van der Waals surface area contributed by atoms with Gasteiger partial charge in [-0.25, -0.2) is 0 Å². The molecule has 0 aliphatic heterocycles. The Kier molecular flexibility index (Phi) is 24.5. The van der Waals surface area contributed by atoms with Gasteiger partial charge in [0.1, 0.15) is 0 Å². The average molecular weight is 301 g/mol. The maximum Gasteiger partial charge on any atom is 0.00103 e. The molecule has 0 unspecified atom stereocenters. The lowest BCUT2D eigenvalue weighted by molar-refractivity contribution is 0.546. The van der Waals surface area contributed by atoms with Crippen molar-refractivity contribution in [2.24, 2.45) is 0 Å². The highest BCUT2D eigenvalue weighted by molar-refractivity contribution is 4.52. The first-order valence-corrected chi connectivity index (χ1v) is 9.63. The van der Waals surface area contributed by atoms with Gasteiger partial charge in [-0.2, -0.15) is 0 Å². The van der Waals surface area contributed by atoms with Crippen LogP contribution in [0.2, 0.25) is 0 Å². The zero-order valence-corrected chi connectivity index (χ0v) is 15.8. The number of rotatable bonds is 14. The fourth-order valence-corrected chi connectivity index (χ4v) is 2.05. The second-order valence-corrected chi connectivity index (χ2v) is 6.33. The van der Waals surface area contributed by atoms with Crippen LogP contribution < -0.4 is 10.6 Å².